The molecule has 3 nitrogen and oxygen atoms in total. The summed E-state index contributed by atoms with van der Waals surface area (Å²) in [6.07, 6.45) is 3.96. The van der Waals surface area contributed by atoms with E-state index in [0.29, 0.717) is 6.54 Å². The van der Waals surface area contributed by atoms with Crippen LogP contribution in [0.5, 0.6) is 0 Å². The minimum Gasteiger partial charge on any atom is -0.355 e. The number of carbonyl (C=O) groups excluding carboxylic acids is 1. The molecule has 1 fully saturated rings. The van der Waals surface area contributed by atoms with E-state index in [-0.39, 0.29) is 11.3 Å². The number of amides is 1. The lowest BCUT2D eigenvalue weighted by Crippen LogP contribution is -2.50. The molecule has 0 spiro atoms. The van der Waals surface area contributed by atoms with Crippen molar-refractivity contribution in [1.82, 2.24) is 5.32 Å². The van der Waals surface area contributed by atoms with Gasteiger partial charge in [0.25, 0.3) is 0 Å². The molecule has 3 N–H and O–H groups in total. The van der Waals surface area contributed by atoms with Crippen LogP contribution in [0.2, 0.25) is 0 Å². The molecule has 4 heteroatoms. The normalized spacial score (nSPS) is 17.5. The molecule has 1 aromatic heterocycles. The number of rotatable bonds is 5. The van der Waals surface area contributed by atoms with E-state index < -0.39 is 0 Å². The van der Waals surface area contributed by atoms with Crippen LogP contribution in [0.3, 0.4) is 0 Å². The fraction of sp³-hybridized carbons (Fsp3) is 0.615. The van der Waals surface area contributed by atoms with Gasteiger partial charge in [-0.2, -0.15) is 0 Å². The lowest BCUT2D eigenvalue weighted by Gasteiger charge is -2.39. The van der Waals surface area contributed by atoms with Crippen molar-refractivity contribution in [1.29, 1.82) is 0 Å². The molecule has 0 saturated heterocycles. The predicted molar refractivity (Wildman–Crippen MR) is 71.1 cm³/mol. The van der Waals surface area contributed by atoms with E-state index in [1.54, 1.807) is 11.3 Å². The first-order valence-corrected chi connectivity index (χ1v) is 7.07. The topological polar surface area (TPSA) is 55.1 Å². The van der Waals surface area contributed by atoms with Crippen molar-refractivity contribution in [2.24, 2.45) is 11.1 Å². The molecule has 0 aliphatic heterocycles. The molecule has 1 aliphatic carbocycles. The summed E-state index contributed by atoms with van der Waals surface area (Å²) in [6, 6.07) is 2.12. The second-order valence-corrected chi connectivity index (χ2v) is 5.87. The third-order valence-corrected chi connectivity index (χ3v) is 4.87. The first-order chi connectivity index (χ1) is 8.18. The average molecular weight is 252 g/mol. The molecular formula is C13H20N2OS. The second kappa shape index (κ2) is 5.19. The zero-order valence-corrected chi connectivity index (χ0v) is 11.1. The van der Waals surface area contributed by atoms with Crippen molar-refractivity contribution in [3.05, 3.63) is 21.9 Å². The van der Waals surface area contributed by atoms with Crippen molar-refractivity contribution >= 4 is 17.2 Å². The Balaban J connectivity index is 1.79. The Kier molecular flexibility index (Phi) is 3.84. The Labute approximate surface area is 106 Å². The molecule has 1 saturated carbocycles. The molecule has 0 bridgehead atoms. The Bertz CT molecular complexity index is 390. The Morgan fingerprint density at radius 3 is 2.82 bits per heavy atom. The van der Waals surface area contributed by atoms with Crippen LogP contribution in [0.15, 0.2) is 11.4 Å². The highest BCUT2D eigenvalue weighted by Crippen LogP contribution is 2.39. The smallest absolute Gasteiger partial charge is 0.227 e. The van der Waals surface area contributed by atoms with Crippen molar-refractivity contribution in [3.8, 4) is 0 Å². The molecule has 94 valence electrons. The van der Waals surface area contributed by atoms with Crippen LogP contribution in [0, 0.1) is 12.3 Å². The maximum atomic E-state index is 12.0. The molecule has 1 aliphatic rings. The standard InChI is InChI=1S/C13H20N2OS/c1-10-4-8-17-11(10)3-7-15-12(16)13(9-14)5-2-6-13/h4,8H,2-3,5-7,9,14H2,1H3,(H,15,16). The van der Waals surface area contributed by atoms with E-state index in [2.05, 4.69) is 23.7 Å². The third kappa shape index (κ3) is 2.53. The highest BCUT2D eigenvalue weighted by molar-refractivity contribution is 7.10. The maximum absolute atomic E-state index is 12.0. The number of nitrogens with one attached hydrogen (secondary N) is 1. The van der Waals surface area contributed by atoms with Gasteiger partial charge in [-0.1, -0.05) is 6.42 Å². The molecule has 17 heavy (non-hydrogen) atoms. The zero-order valence-electron chi connectivity index (χ0n) is 10.3. The monoisotopic (exact) mass is 252 g/mol. The van der Waals surface area contributed by atoms with E-state index >= 15 is 0 Å². The van der Waals surface area contributed by atoms with Crippen molar-refractivity contribution < 1.29 is 4.79 Å². The molecule has 0 aromatic carbocycles. The number of aryl methyl sites for hydroxylation is 1. The summed E-state index contributed by atoms with van der Waals surface area (Å²) in [5.74, 6) is 0.153. The molecule has 0 unspecified atom stereocenters. The molecule has 0 radical (unpaired) electrons. The minimum absolute atomic E-state index is 0.153. The third-order valence-electron chi connectivity index (χ3n) is 3.79. The van der Waals surface area contributed by atoms with Crippen LogP contribution in [0.1, 0.15) is 29.7 Å². The van der Waals surface area contributed by atoms with Crippen molar-refractivity contribution in [2.45, 2.75) is 32.6 Å². The van der Waals surface area contributed by atoms with Gasteiger partial charge >= 0.3 is 0 Å². The van der Waals surface area contributed by atoms with Crippen molar-refractivity contribution in [3.63, 3.8) is 0 Å². The lowest BCUT2D eigenvalue weighted by molar-refractivity contribution is -0.135. The van der Waals surface area contributed by atoms with Gasteiger partial charge < -0.3 is 11.1 Å². The molecule has 1 amide bonds. The first-order valence-electron chi connectivity index (χ1n) is 6.19. The van der Waals surface area contributed by atoms with Gasteiger partial charge in [0.15, 0.2) is 0 Å². The minimum atomic E-state index is -0.246. The van der Waals surface area contributed by atoms with E-state index in [9.17, 15) is 4.79 Å². The number of hydrogen-bond acceptors (Lipinski definition) is 3. The van der Waals surface area contributed by atoms with Crippen LogP contribution in [-0.2, 0) is 11.2 Å². The van der Waals surface area contributed by atoms with Gasteiger partial charge in [0.1, 0.15) is 0 Å². The van der Waals surface area contributed by atoms with Gasteiger partial charge in [-0.15, -0.1) is 11.3 Å². The highest BCUT2D eigenvalue weighted by Gasteiger charge is 2.42. The average Bonchev–Trinajstić information content (AvgIpc) is 2.64. The highest BCUT2D eigenvalue weighted by atomic mass is 32.1. The fourth-order valence-electron chi connectivity index (χ4n) is 2.26. The number of hydrogen-bond donors (Lipinski definition) is 2. The van der Waals surface area contributed by atoms with E-state index in [0.717, 1.165) is 32.2 Å². The van der Waals surface area contributed by atoms with Crippen LogP contribution in [0.25, 0.3) is 0 Å². The molecule has 1 heterocycles. The lowest BCUT2D eigenvalue weighted by atomic mass is 9.68. The first kappa shape index (κ1) is 12.6. The predicted octanol–water partition coefficient (Wildman–Crippen LogP) is 1.84. The van der Waals surface area contributed by atoms with E-state index in [4.69, 9.17) is 5.73 Å². The van der Waals surface area contributed by atoms with Gasteiger partial charge in [-0.3, -0.25) is 4.79 Å². The van der Waals surface area contributed by atoms with Gasteiger partial charge in [0.2, 0.25) is 5.91 Å². The maximum Gasteiger partial charge on any atom is 0.227 e. The largest absolute Gasteiger partial charge is 0.355 e. The van der Waals surface area contributed by atoms with Gasteiger partial charge in [0.05, 0.1) is 5.41 Å². The van der Waals surface area contributed by atoms with Gasteiger partial charge in [-0.05, 0) is 43.2 Å². The molecular weight excluding hydrogens is 232 g/mol. The molecule has 1 aromatic rings. The summed E-state index contributed by atoms with van der Waals surface area (Å²) in [4.78, 5) is 13.4. The SMILES string of the molecule is Cc1ccsc1CCNC(=O)C1(CN)CCC1. The Hall–Kier alpha value is -0.870. The van der Waals surface area contributed by atoms with Gasteiger partial charge in [-0.25, -0.2) is 0 Å². The zero-order chi connectivity index (χ0) is 12.3. The van der Waals surface area contributed by atoms with E-state index in [1.165, 1.54) is 10.4 Å². The van der Waals surface area contributed by atoms with E-state index in [1.807, 2.05) is 0 Å². The summed E-state index contributed by atoms with van der Waals surface area (Å²) in [5.41, 5.74) is 6.78. The number of thiophene rings is 1. The van der Waals surface area contributed by atoms with Crippen LogP contribution < -0.4 is 11.1 Å². The van der Waals surface area contributed by atoms with Crippen LogP contribution in [-0.4, -0.2) is 19.0 Å². The summed E-state index contributed by atoms with van der Waals surface area (Å²) >= 11 is 1.76. The number of carbonyl (C=O) groups is 1. The summed E-state index contributed by atoms with van der Waals surface area (Å²) in [6.45, 7) is 3.32. The van der Waals surface area contributed by atoms with Crippen LogP contribution in [0.4, 0.5) is 0 Å². The summed E-state index contributed by atoms with van der Waals surface area (Å²) in [7, 11) is 0. The van der Waals surface area contributed by atoms with Crippen LogP contribution >= 0.6 is 11.3 Å². The summed E-state index contributed by atoms with van der Waals surface area (Å²) in [5, 5.41) is 5.13. The van der Waals surface area contributed by atoms with Crippen molar-refractivity contribution in [2.75, 3.05) is 13.1 Å². The Morgan fingerprint density at radius 1 is 1.59 bits per heavy atom. The molecule has 0 atom stereocenters. The fourth-order valence-corrected chi connectivity index (χ4v) is 3.17. The Morgan fingerprint density at radius 2 is 2.35 bits per heavy atom. The second-order valence-electron chi connectivity index (χ2n) is 4.87. The molecule has 2 rings (SSSR count). The van der Waals surface area contributed by atoms with Gasteiger partial charge in [0, 0.05) is 18.0 Å². The number of nitrogens with two attached hydrogens (primary N) is 1. The summed E-state index contributed by atoms with van der Waals surface area (Å²) < 4.78 is 0. The quantitative estimate of drug-likeness (QED) is 0.840.